The first kappa shape index (κ1) is 15.7. The molecule has 20 heavy (non-hydrogen) atoms. The first-order valence-electron chi connectivity index (χ1n) is 7.85. The van der Waals surface area contributed by atoms with Crippen molar-refractivity contribution in [3.05, 3.63) is 28.8 Å². The molecule has 1 unspecified atom stereocenters. The Kier molecular flexibility index (Phi) is 5.74. The molecule has 0 spiro atoms. The van der Waals surface area contributed by atoms with Crippen LogP contribution < -0.4 is 10.6 Å². The highest BCUT2D eigenvalue weighted by atomic mass is 35.5. The van der Waals surface area contributed by atoms with Crippen molar-refractivity contribution in [3.8, 4) is 0 Å². The molecule has 112 valence electrons. The minimum atomic E-state index is 0.692. The summed E-state index contributed by atoms with van der Waals surface area (Å²) in [7, 11) is 0. The van der Waals surface area contributed by atoms with Gasteiger partial charge in [0.1, 0.15) is 0 Å². The maximum atomic E-state index is 6.20. The van der Waals surface area contributed by atoms with Gasteiger partial charge in [0.2, 0.25) is 0 Å². The smallest absolute Gasteiger partial charge is 0.0426 e. The quantitative estimate of drug-likeness (QED) is 0.906. The number of rotatable bonds is 4. The van der Waals surface area contributed by atoms with Gasteiger partial charge in [-0.2, -0.15) is 0 Å². The molecule has 1 atom stereocenters. The molecule has 1 fully saturated rings. The van der Waals surface area contributed by atoms with Crippen molar-refractivity contribution < 1.29 is 0 Å². The predicted molar refractivity (Wildman–Crippen MR) is 88.6 cm³/mol. The van der Waals surface area contributed by atoms with Crippen LogP contribution >= 0.6 is 11.6 Å². The van der Waals surface area contributed by atoms with Gasteiger partial charge in [0, 0.05) is 23.8 Å². The van der Waals surface area contributed by atoms with Crippen LogP contribution in [0.15, 0.2) is 18.2 Å². The van der Waals surface area contributed by atoms with E-state index in [1.807, 2.05) is 6.07 Å². The molecule has 2 N–H and O–H groups in total. The largest absolute Gasteiger partial charge is 0.371 e. The van der Waals surface area contributed by atoms with Gasteiger partial charge in [-0.05, 0) is 61.8 Å². The van der Waals surface area contributed by atoms with Crippen LogP contribution in [0.3, 0.4) is 0 Å². The van der Waals surface area contributed by atoms with Gasteiger partial charge in [0.05, 0.1) is 0 Å². The Balaban J connectivity index is 2.16. The van der Waals surface area contributed by atoms with Crippen LogP contribution in [-0.2, 0) is 6.42 Å². The van der Waals surface area contributed by atoms with Gasteiger partial charge in [-0.15, -0.1) is 0 Å². The van der Waals surface area contributed by atoms with Crippen LogP contribution in [0.2, 0.25) is 5.02 Å². The lowest BCUT2D eigenvalue weighted by Crippen LogP contribution is -2.26. The number of anilines is 1. The van der Waals surface area contributed by atoms with Crippen LogP contribution in [0, 0.1) is 11.8 Å². The normalized spacial score (nSPS) is 20.2. The van der Waals surface area contributed by atoms with Gasteiger partial charge in [0.25, 0.3) is 0 Å². The fraction of sp³-hybridized carbons (Fsp3) is 0.647. The summed E-state index contributed by atoms with van der Waals surface area (Å²) in [6.45, 7) is 7.66. The van der Waals surface area contributed by atoms with E-state index in [1.165, 1.54) is 30.5 Å². The minimum Gasteiger partial charge on any atom is -0.371 e. The molecule has 0 bridgehead atoms. The van der Waals surface area contributed by atoms with Gasteiger partial charge in [-0.1, -0.05) is 31.5 Å². The Morgan fingerprint density at radius 1 is 1.30 bits per heavy atom. The van der Waals surface area contributed by atoms with E-state index in [0.29, 0.717) is 6.54 Å². The molecule has 1 aliphatic heterocycles. The highest BCUT2D eigenvalue weighted by Gasteiger charge is 2.21. The summed E-state index contributed by atoms with van der Waals surface area (Å²) in [6.07, 6.45) is 4.83. The summed E-state index contributed by atoms with van der Waals surface area (Å²) in [4.78, 5) is 2.51. The second kappa shape index (κ2) is 7.33. The second-order valence-electron chi connectivity index (χ2n) is 6.23. The summed E-state index contributed by atoms with van der Waals surface area (Å²) >= 11 is 6.20. The summed E-state index contributed by atoms with van der Waals surface area (Å²) in [5.74, 6) is 1.65. The molecule has 0 saturated carbocycles. The van der Waals surface area contributed by atoms with Gasteiger partial charge >= 0.3 is 0 Å². The van der Waals surface area contributed by atoms with E-state index >= 15 is 0 Å². The van der Waals surface area contributed by atoms with Crippen molar-refractivity contribution >= 4 is 17.3 Å². The lowest BCUT2D eigenvalue weighted by atomic mass is 9.89. The van der Waals surface area contributed by atoms with Crippen molar-refractivity contribution in [1.29, 1.82) is 0 Å². The summed E-state index contributed by atoms with van der Waals surface area (Å²) < 4.78 is 0. The zero-order chi connectivity index (χ0) is 14.5. The standard InChI is InChI=1S/C17H27ClN2/c1-13(2)14-4-3-10-20(11-8-14)17-12-16(18)6-5-15(17)7-9-19/h5-6,12-14H,3-4,7-11,19H2,1-2H3. The molecule has 0 radical (unpaired) electrons. The lowest BCUT2D eigenvalue weighted by Gasteiger charge is -2.26. The van der Waals surface area contributed by atoms with Crippen molar-refractivity contribution in [1.82, 2.24) is 0 Å². The van der Waals surface area contributed by atoms with E-state index in [-0.39, 0.29) is 0 Å². The number of nitrogens with zero attached hydrogens (tertiary/aromatic N) is 1. The van der Waals surface area contributed by atoms with Crippen molar-refractivity contribution in [2.45, 2.75) is 39.5 Å². The van der Waals surface area contributed by atoms with Crippen LogP contribution in [0.5, 0.6) is 0 Å². The predicted octanol–water partition coefficient (Wildman–Crippen LogP) is 4.10. The fourth-order valence-corrected chi connectivity index (χ4v) is 3.39. The Bertz CT molecular complexity index is 431. The maximum Gasteiger partial charge on any atom is 0.0426 e. The van der Waals surface area contributed by atoms with E-state index in [1.54, 1.807) is 0 Å². The number of hydrogen-bond acceptors (Lipinski definition) is 2. The molecular weight excluding hydrogens is 268 g/mol. The van der Waals surface area contributed by atoms with Crippen molar-refractivity contribution in [3.63, 3.8) is 0 Å². The topological polar surface area (TPSA) is 29.3 Å². The number of benzene rings is 1. The van der Waals surface area contributed by atoms with Crippen LogP contribution in [-0.4, -0.2) is 19.6 Å². The Labute approximate surface area is 128 Å². The first-order valence-corrected chi connectivity index (χ1v) is 8.23. The van der Waals surface area contributed by atoms with Gasteiger partial charge in [-0.25, -0.2) is 0 Å². The van der Waals surface area contributed by atoms with E-state index in [2.05, 4.69) is 30.9 Å². The molecule has 1 aliphatic rings. The second-order valence-corrected chi connectivity index (χ2v) is 6.67. The van der Waals surface area contributed by atoms with Gasteiger partial charge in [-0.3, -0.25) is 0 Å². The average molecular weight is 295 g/mol. The zero-order valence-electron chi connectivity index (χ0n) is 12.7. The van der Waals surface area contributed by atoms with E-state index < -0.39 is 0 Å². The third-order valence-electron chi connectivity index (χ3n) is 4.52. The summed E-state index contributed by atoms with van der Waals surface area (Å²) in [6, 6.07) is 6.22. The molecule has 0 aliphatic carbocycles. The third kappa shape index (κ3) is 3.89. The molecule has 1 heterocycles. The monoisotopic (exact) mass is 294 g/mol. The number of nitrogens with two attached hydrogens (primary N) is 1. The van der Waals surface area contributed by atoms with E-state index in [9.17, 15) is 0 Å². The fourth-order valence-electron chi connectivity index (χ4n) is 3.23. The molecule has 1 aromatic carbocycles. The number of hydrogen-bond donors (Lipinski definition) is 1. The molecule has 1 saturated heterocycles. The van der Waals surface area contributed by atoms with Crippen LogP contribution in [0.4, 0.5) is 5.69 Å². The molecule has 2 rings (SSSR count). The van der Waals surface area contributed by atoms with Crippen LogP contribution in [0.25, 0.3) is 0 Å². The lowest BCUT2D eigenvalue weighted by molar-refractivity contribution is 0.351. The Hall–Kier alpha value is -0.730. The van der Waals surface area contributed by atoms with Gasteiger partial charge in [0.15, 0.2) is 0 Å². The van der Waals surface area contributed by atoms with E-state index in [0.717, 1.165) is 36.4 Å². The molecule has 3 heteroatoms. The maximum absolute atomic E-state index is 6.20. The zero-order valence-corrected chi connectivity index (χ0v) is 13.5. The molecule has 0 amide bonds. The highest BCUT2D eigenvalue weighted by molar-refractivity contribution is 6.30. The van der Waals surface area contributed by atoms with Crippen molar-refractivity contribution in [2.75, 3.05) is 24.5 Å². The SMILES string of the molecule is CC(C)C1CCCN(c2cc(Cl)ccc2CCN)CC1. The van der Waals surface area contributed by atoms with Crippen LogP contribution in [0.1, 0.15) is 38.7 Å². The minimum absolute atomic E-state index is 0.692. The summed E-state index contributed by atoms with van der Waals surface area (Å²) in [5, 5.41) is 0.824. The van der Waals surface area contributed by atoms with Gasteiger partial charge < -0.3 is 10.6 Å². The average Bonchev–Trinajstić information content (AvgIpc) is 2.67. The number of halogens is 1. The van der Waals surface area contributed by atoms with Crippen molar-refractivity contribution in [2.24, 2.45) is 17.6 Å². The molecule has 1 aromatic rings. The Morgan fingerprint density at radius 2 is 2.10 bits per heavy atom. The highest BCUT2D eigenvalue weighted by Crippen LogP contribution is 2.30. The first-order chi connectivity index (χ1) is 9.61. The molecular formula is C17H27ClN2. The van der Waals surface area contributed by atoms with E-state index in [4.69, 9.17) is 17.3 Å². The Morgan fingerprint density at radius 3 is 2.80 bits per heavy atom. The molecule has 2 nitrogen and oxygen atoms in total. The summed E-state index contributed by atoms with van der Waals surface area (Å²) in [5.41, 5.74) is 8.37. The molecule has 0 aromatic heterocycles. The third-order valence-corrected chi connectivity index (χ3v) is 4.75.